The summed E-state index contributed by atoms with van der Waals surface area (Å²) in [7, 11) is 0. The molecular weight excluding hydrogens is 317 g/mol. The molecule has 1 aromatic carbocycles. The molecule has 0 aliphatic heterocycles. The van der Waals surface area contributed by atoms with Crippen molar-refractivity contribution in [3.8, 4) is 0 Å². The van der Waals surface area contributed by atoms with Crippen molar-refractivity contribution in [2.45, 2.75) is 19.8 Å². The van der Waals surface area contributed by atoms with E-state index in [2.05, 4.69) is 20.9 Å². The maximum absolute atomic E-state index is 13.2. The lowest BCUT2D eigenvalue weighted by Crippen LogP contribution is -2.07. The number of carbonyl (C=O) groups is 1. The second-order valence-corrected chi connectivity index (χ2v) is 6.01. The van der Waals surface area contributed by atoms with Gasteiger partial charge in [-0.25, -0.2) is 9.37 Å². The first-order valence-corrected chi connectivity index (χ1v) is 7.08. The molecule has 2 rings (SSSR count). The van der Waals surface area contributed by atoms with Crippen LogP contribution in [0.15, 0.2) is 28.1 Å². The normalized spacial score (nSPS) is 10.6. The predicted octanol–water partition coefficient (Wildman–Crippen LogP) is 3.71. The van der Waals surface area contributed by atoms with Gasteiger partial charge >= 0.3 is 0 Å². The summed E-state index contributed by atoms with van der Waals surface area (Å²) in [5, 5.41) is 2.83. The fourth-order valence-corrected chi connectivity index (χ4v) is 2.82. The molecule has 0 fully saturated rings. The highest BCUT2D eigenvalue weighted by Gasteiger charge is 2.09. The van der Waals surface area contributed by atoms with Crippen LogP contribution in [-0.2, 0) is 17.6 Å². The molecule has 0 bridgehead atoms. The number of aryl methyl sites for hydroxylation is 1. The molecule has 5 heteroatoms. The lowest BCUT2D eigenvalue weighted by atomic mass is 10.1. The van der Waals surface area contributed by atoms with E-state index in [0.717, 1.165) is 10.7 Å². The van der Waals surface area contributed by atoms with Gasteiger partial charge < -0.3 is 0 Å². The largest absolute Gasteiger partial charge is 0.299 e. The summed E-state index contributed by atoms with van der Waals surface area (Å²) in [6.45, 7) is 1.91. The van der Waals surface area contributed by atoms with Crippen LogP contribution in [0.25, 0.3) is 0 Å². The van der Waals surface area contributed by atoms with Crippen LogP contribution in [0.4, 0.5) is 4.39 Å². The average molecular weight is 328 g/mol. The second kappa shape index (κ2) is 5.71. The van der Waals surface area contributed by atoms with Gasteiger partial charge in [-0.05, 0) is 30.7 Å². The predicted molar refractivity (Wildman–Crippen MR) is 73.4 cm³/mol. The molecule has 2 nitrogen and oxygen atoms in total. The summed E-state index contributed by atoms with van der Waals surface area (Å²) in [5.74, 6) is -0.297. The van der Waals surface area contributed by atoms with Crippen molar-refractivity contribution in [1.29, 1.82) is 0 Å². The third-order valence-corrected chi connectivity index (χ3v) is 3.65. The lowest BCUT2D eigenvalue weighted by Gasteiger charge is -2.01. The van der Waals surface area contributed by atoms with E-state index >= 15 is 0 Å². The molecule has 0 amide bonds. The maximum atomic E-state index is 13.2. The molecule has 0 aliphatic carbocycles. The number of hydrogen-bond acceptors (Lipinski definition) is 3. The summed E-state index contributed by atoms with van der Waals surface area (Å²) < 4.78 is 13.8. The smallest absolute Gasteiger partial charge is 0.143 e. The monoisotopic (exact) mass is 327 g/mol. The summed E-state index contributed by atoms with van der Waals surface area (Å²) in [4.78, 5) is 16.1. The molecule has 0 saturated heterocycles. The molecular formula is C13H11BrFNOS. The van der Waals surface area contributed by atoms with E-state index in [1.54, 1.807) is 6.07 Å². The summed E-state index contributed by atoms with van der Waals surface area (Å²) >= 11 is 4.74. The van der Waals surface area contributed by atoms with Crippen LogP contribution < -0.4 is 0 Å². The number of Topliss-reactive ketones (excluding diaryl/α,β-unsaturated/α-hetero) is 1. The fourth-order valence-electron chi connectivity index (χ4n) is 1.69. The van der Waals surface area contributed by atoms with E-state index in [-0.39, 0.29) is 18.0 Å². The molecule has 0 radical (unpaired) electrons. The van der Waals surface area contributed by atoms with Gasteiger partial charge in [0.2, 0.25) is 0 Å². The molecule has 1 heterocycles. The van der Waals surface area contributed by atoms with Gasteiger partial charge in [0, 0.05) is 22.7 Å². The zero-order valence-electron chi connectivity index (χ0n) is 9.74. The standard InChI is InChI=1S/C13H11BrFNOS/c1-8-16-12(7-18-8)6-13(17)4-9-2-10(14)5-11(15)3-9/h2-3,5,7H,4,6H2,1H3. The molecule has 18 heavy (non-hydrogen) atoms. The van der Waals surface area contributed by atoms with Crippen LogP contribution in [0.5, 0.6) is 0 Å². The van der Waals surface area contributed by atoms with Crippen LogP contribution in [-0.4, -0.2) is 10.8 Å². The van der Waals surface area contributed by atoms with Crippen LogP contribution in [0.2, 0.25) is 0 Å². The van der Waals surface area contributed by atoms with E-state index in [1.807, 2.05) is 12.3 Å². The zero-order valence-corrected chi connectivity index (χ0v) is 12.1. The van der Waals surface area contributed by atoms with Crippen molar-refractivity contribution in [3.63, 3.8) is 0 Å². The highest BCUT2D eigenvalue weighted by atomic mass is 79.9. The first kappa shape index (κ1) is 13.4. The molecule has 94 valence electrons. The number of ketones is 1. The van der Waals surface area contributed by atoms with E-state index in [1.165, 1.54) is 23.5 Å². The van der Waals surface area contributed by atoms with E-state index in [4.69, 9.17) is 0 Å². The lowest BCUT2D eigenvalue weighted by molar-refractivity contribution is -0.117. The van der Waals surface area contributed by atoms with Crippen molar-refractivity contribution in [1.82, 2.24) is 4.98 Å². The molecule has 2 aromatic rings. The Bertz CT molecular complexity index is 562. The maximum Gasteiger partial charge on any atom is 0.143 e. The van der Waals surface area contributed by atoms with Gasteiger partial charge in [-0.3, -0.25) is 4.79 Å². The number of halogens is 2. The van der Waals surface area contributed by atoms with Crippen molar-refractivity contribution in [2.24, 2.45) is 0 Å². The number of aromatic nitrogens is 1. The van der Waals surface area contributed by atoms with Crippen molar-refractivity contribution in [3.05, 3.63) is 50.1 Å². The molecule has 0 N–H and O–H groups in total. The molecule has 0 unspecified atom stereocenters. The Balaban J connectivity index is 2.02. The topological polar surface area (TPSA) is 30.0 Å². The van der Waals surface area contributed by atoms with Gasteiger partial charge in [0.25, 0.3) is 0 Å². The quantitative estimate of drug-likeness (QED) is 0.856. The third kappa shape index (κ3) is 3.71. The highest BCUT2D eigenvalue weighted by Crippen LogP contribution is 2.16. The summed E-state index contributed by atoms with van der Waals surface area (Å²) in [6, 6.07) is 4.51. The van der Waals surface area contributed by atoms with Gasteiger partial charge in [-0.1, -0.05) is 15.9 Å². The fraction of sp³-hybridized carbons (Fsp3) is 0.231. The van der Waals surface area contributed by atoms with Gasteiger partial charge in [0.15, 0.2) is 0 Å². The minimum absolute atomic E-state index is 0.0396. The van der Waals surface area contributed by atoms with E-state index in [0.29, 0.717) is 16.5 Å². The van der Waals surface area contributed by atoms with Crippen LogP contribution >= 0.6 is 27.3 Å². The molecule has 0 atom stereocenters. The van der Waals surface area contributed by atoms with Crippen LogP contribution in [0.1, 0.15) is 16.3 Å². The Hall–Kier alpha value is -1.07. The van der Waals surface area contributed by atoms with Crippen LogP contribution in [0.3, 0.4) is 0 Å². The number of thiazole rings is 1. The van der Waals surface area contributed by atoms with Crippen molar-refractivity contribution >= 4 is 33.0 Å². The highest BCUT2D eigenvalue weighted by molar-refractivity contribution is 9.10. The minimum atomic E-state index is -0.336. The first-order chi connectivity index (χ1) is 8.52. The van der Waals surface area contributed by atoms with Gasteiger partial charge in [0.05, 0.1) is 10.7 Å². The Morgan fingerprint density at radius 2 is 2.17 bits per heavy atom. The molecule has 0 aliphatic rings. The van der Waals surface area contributed by atoms with Crippen molar-refractivity contribution < 1.29 is 9.18 Å². The van der Waals surface area contributed by atoms with Gasteiger partial charge in [0.1, 0.15) is 11.6 Å². The van der Waals surface area contributed by atoms with Crippen molar-refractivity contribution in [2.75, 3.05) is 0 Å². The third-order valence-electron chi connectivity index (χ3n) is 2.37. The Morgan fingerprint density at radius 3 is 2.78 bits per heavy atom. The Labute approximate surface area is 117 Å². The number of rotatable bonds is 4. The summed E-state index contributed by atoms with van der Waals surface area (Å²) in [5.41, 5.74) is 1.47. The second-order valence-electron chi connectivity index (χ2n) is 4.03. The molecule has 1 aromatic heterocycles. The van der Waals surface area contributed by atoms with E-state index < -0.39 is 0 Å². The van der Waals surface area contributed by atoms with Gasteiger partial charge in [-0.2, -0.15) is 0 Å². The number of carbonyl (C=O) groups excluding carboxylic acids is 1. The van der Waals surface area contributed by atoms with Crippen LogP contribution in [0, 0.1) is 12.7 Å². The summed E-state index contributed by atoms with van der Waals surface area (Å²) in [6.07, 6.45) is 0.533. The van der Waals surface area contributed by atoms with Gasteiger partial charge in [-0.15, -0.1) is 11.3 Å². The molecule has 0 spiro atoms. The molecule has 0 saturated carbocycles. The minimum Gasteiger partial charge on any atom is -0.299 e. The SMILES string of the molecule is Cc1nc(CC(=O)Cc2cc(F)cc(Br)c2)cs1. The number of hydrogen-bond donors (Lipinski definition) is 0. The average Bonchev–Trinajstić information content (AvgIpc) is 2.61. The Kier molecular flexibility index (Phi) is 4.24. The number of nitrogens with zero attached hydrogens (tertiary/aromatic N) is 1. The first-order valence-electron chi connectivity index (χ1n) is 5.40. The van der Waals surface area contributed by atoms with E-state index in [9.17, 15) is 9.18 Å². The number of benzene rings is 1. The Morgan fingerprint density at radius 1 is 1.39 bits per heavy atom. The zero-order chi connectivity index (χ0) is 13.1.